The molecule has 5 heteroatoms. The van der Waals surface area contributed by atoms with Crippen molar-refractivity contribution in [3.05, 3.63) is 23.8 Å². The van der Waals surface area contributed by atoms with Crippen molar-refractivity contribution >= 4 is 5.91 Å². The highest BCUT2D eigenvalue weighted by atomic mass is 16.2. The first-order chi connectivity index (χ1) is 8.36. The molecule has 17 heavy (non-hydrogen) atoms. The Morgan fingerprint density at radius 2 is 2.12 bits per heavy atom. The summed E-state index contributed by atoms with van der Waals surface area (Å²) in [5.74, 6) is 0.578. The molecule has 1 aliphatic heterocycles. The normalized spacial score (nSPS) is 20.4. The first-order valence-electron chi connectivity index (χ1n) is 6.16. The highest BCUT2D eigenvalue weighted by Crippen LogP contribution is 2.40. The molecule has 1 amide bonds. The second kappa shape index (κ2) is 4.41. The lowest BCUT2D eigenvalue weighted by molar-refractivity contribution is 0.0733. The SMILES string of the molecule is O=C(c1cncnc1C1CC1)N1CCNCC1. The molecule has 1 aliphatic carbocycles. The van der Waals surface area contributed by atoms with Crippen molar-refractivity contribution in [1.29, 1.82) is 0 Å². The molecule has 1 aromatic rings. The first-order valence-corrected chi connectivity index (χ1v) is 6.16. The topological polar surface area (TPSA) is 58.1 Å². The predicted octanol–water partition coefficient (Wildman–Crippen LogP) is 0.399. The van der Waals surface area contributed by atoms with Gasteiger partial charge in [-0.05, 0) is 12.8 Å². The van der Waals surface area contributed by atoms with E-state index in [0.29, 0.717) is 11.5 Å². The van der Waals surface area contributed by atoms with Crippen molar-refractivity contribution in [3.8, 4) is 0 Å². The van der Waals surface area contributed by atoms with Gasteiger partial charge in [-0.15, -0.1) is 0 Å². The van der Waals surface area contributed by atoms with E-state index in [1.807, 2.05) is 4.90 Å². The maximum Gasteiger partial charge on any atom is 0.257 e. The number of aromatic nitrogens is 2. The van der Waals surface area contributed by atoms with Crippen LogP contribution in [0.1, 0.15) is 34.8 Å². The van der Waals surface area contributed by atoms with Crippen LogP contribution in [0.2, 0.25) is 0 Å². The standard InChI is InChI=1S/C12H16N4O/c17-12(16-5-3-13-4-6-16)10-7-14-8-15-11(10)9-1-2-9/h7-9,13H,1-6H2. The molecule has 0 aromatic carbocycles. The number of carbonyl (C=O) groups excluding carboxylic acids is 1. The quantitative estimate of drug-likeness (QED) is 0.802. The van der Waals surface area contributed by atoms with Crippen LogP contribution >= 0.6 is 0 Å². The number of rotatable bonds is 2. The third-order valence-electron chi connectivity index (χ3n) is 3.34. The van der Waals surface area contributed by atoms with Crippen molar-refractivity contribution < 1.29 is 4.79 Å². The molecule has 2 heterocycles. The maximum atomic E-state index is 12.4. The molecule has 1 saturated carbocycles. The van der Waals surface area contributed by atoms with E-state index >= 15 is 0 Å². The summed E-state index contributed by atoms with van der Waals surface area (Å²) in [5.41, 5.74) is 1.65. The molecule has 1 aromatic heterocycles. The van der Waals surface area contributed by atoms with E-state index < -0.39 is 0 Å². The molecule has 1 N–H and O–H groups in total. The van der Waals surface area contributed by atoms with E-state index in [4.69, 9.17) is 0 Å². The Bertz CT molecular complexity index is 424. The number of nitrogens with zero attached hydrogens (tertiary/aromatic N) is 3. The van der Waals surface area contributed by atoms with Crippen LogP contribution < -0.4 is 5.32 Å². The monoisotopic (exact) mass is 232 g/mol. The molecule has 0 spiro atoms. The molecule has 90 valence electrons. The summed E-state index contributed by atoms with van der Waals surface area (Å²) in [6, 6.07) is 0. The van der Waals surface area contributed by atoms with E-state index in [9.17, 15) is 4.79 Å². The highest BCUT2D eigenvalue weighted by Gasteiger charge is 2.31. The zero-order chi connectivity index (χ0) is 11.7. The summed E-state index contributed by atoms with van der Waals surface area (Å²) in [5, 5.41) is 3.25. The summed E-state index contributed by atoms with van der Waals surface area (Å²) < 4.78 is 0. The van der Waals surface area contributed by atoms with Crippen molar-refractivity contribution in [3.63, 3.8) is 0 Å². The molecule has 0 radical (unpaired) electrons. The van der Waals surface area contributed by atoms with Crippen LogP contribution in [0.3, 0.4) is 0 Å². The average Bonchev–Trinajstić information content (AvgIpc) is 3.23. The number of piperazine rings is 1. The number of carbonyl (C=O) groups is 1. The molecule has 0 atom stereocenters. The van der Waals surface area contributed by atoms with Gasteiger partial charge in [-0.25, -0.2) is 9.97 Å². The lowest BCUT2D eigenvalue weighted by Crippen LogP contribution is -2.46. The zero-order valence-electron chi connectivity index (χ0n) is 9.72. The van der Waals surface area contributed by atoms with Gasteiger partial charge >= 0.3 is 0 Å². The fraction of sp³-hybridized carbons (Fsp3) is 0.583. The summed E-state index contributed by atoms with van der Waals surface area (Å²) in [6.45, 7) is 3.30. The number of amides is 1. The van der Waals surface area contributed by atoms with Crippen LogP contribution in [-0.2, 0) is 0 Å². The maximum absolute atomic E-state index is 12.4. The van der Waals surface area contributed by atoms with Crippen molar-refractivity contribution in [2.75, 3.05) is 26.2 Å². The molecule has 0 bridgehead atoms. The second-order valence-electron chi connectivity index (χ2n) is 4.64. The van der Waals surface area contributed by atoms with Gasteiger partial charge in [-0.2, -0.15) is 0 Å². The minimum absolute atomic E-state index is 0.0917. The van der Waals surface area contributed by atoms with Gasteiger partial charge in [0.2, 0.25) is 0 Å². The van der Waals surface area contributed by atoms with Crippen LogP contribution in [0.4, 0.5) is 0 Å². The molecule has 5 nitrogen and oxygen atoms in total. The Kier molecular flexibility index (Phi) is 2.76. The smallest absolute Gasteiger partial charge is 0.257 e. The fourth-order valence-corrected chi connectivity index (χ4v) is 2.22. The van der Waals surface area contributed by atoms with Gasteiger partial charge in [0.25, 0.3) is 5.91 Å². The van der Waals surface area contributed by atoms with Crippen LogP contribution in [0.15, 0.2) is 12.5 Å². The van der Waals surface area contributed by atoms with Gasteiger partial charge in [-0.1, -0.05) is 0 Å². The van der Waals surface area contributed by atoms with Gasteiger partial charge in [0.05, 0.1) is 11.3 Å². The van der Waals surface area contributed by atoms with Gasteiger partial charge in [0, 0.05) is 38.3 Å². The Balaban J connectivity index is 1.84. The van der Waals surface area contributed by atoms with Gasteiger partial charge < -0.3 is 10.2 Å². The Morgan fingerprint density at radius 1 is 1.35 bits per heavy atom. The zero-order valence-corrected chi connectivity index (χ0v) is 9.72. The minimum Gasteiger partial charge on any atom is -0.336 e. The Labute approximate surface area is 100 Å². The Hall–Kier alpha value is -1.49. The molecule has 2 aliphatic rings. The second-order valence-corrected chi connectivity index (χ2v) is 4.64. The number of nitrogens with one attached hydrogen (secondary N) is 1. The van der Waals surface area contributed by atoms with Gasteiger partial charge in [0.15, 0.2) is 0 Å². The van der Waals surface area contributed by atoms with Crippen molar-refractivity contribution in [2.45, 2.75) is 18.8 Å². The minimum atomic E-state index is 0.0917. The fourth-order valence-electron chi connectivity index (χ4n) is 2.22. The van der Waals surface area contributed by atoms with E-state index in [2.05, 4.69) is 15.3 Å². The molecule has 3 rings (SSSR count). The average molecular weight is 232 g/mol. The predicted molar refractivity (Wildman–Crippen MR) is 62.8 cm³/mol. The van der Waals surface area contributed by atoms with Crippen LogP contribution in [0.5, 0.6) is 0 Å². The van der Waals surface area contributed by atoms with Gasteiger partial charge in [-0.3, -0.25) is 4.79 Å². The summed E-state index contributed by atoms with van der Waals surface area (Å²) in [4.78, 5) is 22.5. The van der Waals surface area contributed by atoms with Gasteiger partial charge in [0.1, 0.15) is 6.33 Å². The van der Waals surface area contributed by atoms with Crippen molar-refractivity contribution in [2.24, 2.45) is 0 Å². The summed E-state index contributed by atoms with van der Waals surface area (Å²) in [6.07, 6.45) is 5.52. The first kappa shape index (κ1) is 10.7. The molecular formula is C12H16N4O. The number of hydrogen-bond donors (Lipinski definition) is 1. The highest BCUT2D eigenvalue weighted by molar-refractivity contribution is 5.95. The van der Waals surface area contributed by atoms with Crippen molar-refractivity contribution in [1.82, 2.24) is 20.2 Å². The third-order valence-corrected chi connectivity index (χ3v) is 3.34. The van der Waals surface area contributed by atoms with Crippen LogP contribution in [0, 0.1) is 0 Å². The largest absolute Gasteiger partial charge is 0.336 e. The van der Waals surface area contributed by atoms with Crippen LogP contribution in [0.25, 0.3) is 0 Å². The lowest BCUT2D eigenvalue weighted by atomic mass is 10.1. The lowest BCUT2D eigenvalue weighted by Gasteiger charge is -2.27. The van der Waals surface area contributed by atoms with E-state index in [1.165, 1.54) is 0 Å². The molecule has 0 unspecified atom stereocenters. The van der Waals surface area contributed by atoms with E-state index in [-0.39, 0.29) is 5.91 Å². The molecule has 2 fully saturated rings. The Morgan fingerprint density at radius 3 is 2.82 bits per heavy atom. The third kappa shape index (κ3) is 2.15. The van der Waals surface area contributed by atoms with E-state index in [0.717, 1.165) is 44.7 Å². The molecular weight excluding hydrogens is 216 g/mol. The summed E-state index contributed by atoms with van der Waals surface area (Å²) >= 11 is 0. The number of hydrogen-bond acceptors (Lipinski definition) is 4. The van der Waals surface area contributed by atoms with E-state index in [1.54, 1.807) is 12.5 Å². The summed E-state index contributed by atoms with van der Waals surface area (Å²) in [7, 11) is 0. The molecule has 1 saturated heterocycles. The van der Waals surface area contributed by atoms with Crippen LogP contribution in [-0.4, -0.2) is 47.0 Å².